The largest absolute Gasteiger partial charge is 0.319 e. The lowest BCUT2D eigenvalue weighted by Gasteiger charge is -2.30. The number of nitrogens with one attached hydrogen (secondary N) is 1. The number of halogens is 1. The van der Waals surface area contributed by atoms with E-state index in [1.807, 2.05) is 18.2 Å². The van der Waals surface area contributed by atoms with Crippen LogP contribution in [0, 0.1) is 0 Å². The Morgan fingerprint density at radius 3 is 2.75 bits per heavy atom. The minimum Gasteiger partial charge on any atom is -0.319 e. The summed E-state index contributed by atoms with van der Waals surface area (Å²) in [6, 6.07) is 8.17. The van der Waals surface area contributed by atoms with Crippen molar-refractivity contribution in [2.45, 2.75) is 57.3 Å². The zero-order valence-electron chi connectivity index (χ0n) is 11.8. The maximum Gasteiger partial charge on any atom is 0.241 e. The van der Waals surface area contributed by atoms with Gasteiger partial charge in [-0.3, -0.25) is 10.1 Å². The Morgan fingerprint density at radius 1 is 1.35 bits per heavy atom. The molecule has 108 valence electrons. The minimum absolute atomic E-state index is 0.0192. The lowest BCUT2D eigenvalue weighted by atomic mass is 10.1. The molecular weight excluding hydrogens is 272 g/mol. The van der Waals surface area contributed by atoms with Gasteiger partial charge in [-0.15, -0.1) is 0 Å². The summed E-state index contributed by atoms with van der Waals surface area (Å²) >= 11 is 6.11. The minimum atomic E-state index is -0.0559. The second-order valence-electron chi connectivity index (χ2n) is 5.77. The van der Waals surface area contributed by atoms with Crippen LogP contribution in [0.15, 0.2) is 24.3 Å². The van der Waals surface area contributed by atoms with Crippen LogP contribution in [0.4, 0.5) is 0 Å². The summed E-state index contributed by atoms with van der Waals surface area (Å²) in [6.45, 7) is 2.06. The van der Waals surface area contributed by atoms with Crippen molar-refractivity contribution in [1.82, 2.24) is 10.2 Å². The molecular formula is C16H21ClN2O. The predicted octanol–water partition coefficient (Wildman–Crippen LogP) is 3.49. The van der Waals surface area contributed by atoms with E-state index < -0.39 is 0 Å². The number of amides is 1. The van der Waals surface area contributed by atoms with Gasteiger partial charge < -0.3 is 4.90 Å². The molecule has 0 radical (unpaired) electrons. The fourth-order valence-corrected chi connectivity index (χ4v) is 3.65. The van der Waals surface area contributed by atoms with Crippen molar-refractivity contribution in [3.8, 4) is 0 Å². The van der Waals surface area contributed by atoms with Crippen LogP contribution in [-0.4, -0.2) is 22.9 Å². The van der Waals surface area contributed by atoms with Gasteiger partial charge in [-0.2, -0.15) is 0 Å². The van der Waals surface area contributed by atoms with E-state index in [1.165, 1.54) is 12.8 Å². The van der Waals surface area contributed by atoms with E-state index in [4.69, 9.17) is 11.6 Å². The van der Waals surface area contributed by atoms with Gasteiger partial charge in [0.15, 0.2) is 0 Å². The van der Waals surface area contributed by atoms with E-state index in [2.05, 4.69) is 23.2 Å². The first-order valence-electron chi connectivity index (χ1n) is 7.54. The molecule has 2 atom stereocenters. The van der Waals surface area contributed by atoms with E-state index in [0.29, 0.717) is 6.04 Å². The van der Waals surface area contributed by atoms with Gasteiger partial charge in [-0.25, -0.2) is 0 Å². The molecule has 2 unspecified atom stereocenters. The highest BCUT2D eigenvalue weighted by atomic mass is 35.5. The zero-order chi connectivity index (χ0) is 14.1. The number of benzene rings is 1. The molecule has 3 rings (SSSR count). The normalized spacial score (nSPS) is 27.5. The molecule has 1 aromatic rings. The first kappa shape index (κ1) is 13.9. The molecule has 1 saturated carbocycles. The molecule has 1 N–H and O–H groups in total. The molecule has 3 nitrogen and oxygen atoms in total. The Hall–Kier alpha value is -1.06. The summed E-state index contributed by atoms with van der Waals surface area (Å²) in [4.78, 5) is 14.7. The molecule has 1 aromatic carbocycles. The Morgan fingerprint density at radius 2 is 2.10 bits per heavy atom. The molecule has 20 heavy (non-hydrogen) atoms. The second kappa shape index (κ2) is 5.74. The van der Waals surface area contributed by atoms with Crippen LogP contribution in [0.1, 0.15) is 50.8 Å². The Bertz CT molecular complexity index is 499. The Labute approximate surface area is 125 Å². The van der Waals surface area contributed by atoms with Crippen LogP contribution < -0.4 is 5.32 Å². The molecule has 0 aromatic heterocycles. The smallest absolute Gasteiger partial charge is 0.241 e. The van der Waals surface area contributed by atoms with Crippen molar-refractivity contribution in [2.75, 3.05) is 0 Å². The predicted molar refractivity (Wildman–Crippen MR) is 80.5 cm³/mol. The molecule has 4 heteroatoms. The van der Waals surface area contributed by atoms with E-state index in [1.54, 1.807) is 0 Å². The van der Waals surface area contributed by atoms with Crippen LogP contribution in [0.3, 0.4) is 0 Å². The van der Waals surface area contributed by atoms with E-state index in [-0.39, 0.29) is 18.1 Å². The molecule has 1 heterocycles. The molecule has 1 aliphatic heterocycles. The van der Waals surface area contributed by atoms with Crippen LogP contribution >= 0.6 is 11.6 Å². The number of carbonyl (C=O) groups is 1. The van der Waals surface area contributed by atoms with Crippen molar-refractivity contribution < 1.29 is 4.79 Å². The lowest BCUT2D eigenvalue weighted by molar-refractivity contribution is -0.132. The van der Waals surface area contributed by atoms with Crippen molar-refractivity contribution in [2.24, 2.45) is 0 Å². The molecule has 1 saturated heterocycles. The zero-order valence-corrected chi connectivity index (χ0v) is 12.6. The molecule has 2 aliphatic rings. The maximum atomic E-state index is 12.6. The second-order valence-corrected chi connectivity index (χ2v) is 6.21. The van der Waals surface area contributed by atoms with Gasteiger partial charge in [0.25, 0.3) is 0 Å². The highest BCUT2D eigenvalue weighted by Gasteiger charge is 2.42. The quantitative estimate of drug-likeness (QED) is 0.925. The Kier molecular flexibility index (Phi) is 3.99. The summed E-state index contributed by atoms with van der Waals surface area (Å²) in [7, 11) is 0. The SMILES string of the molecule is CCC1NC(c2cccc(Cl)c2)N(C2CCCC2)C1=O. The van der Waals surface area contributed by atoms with Crippen molar-refractivity contribution >= 4 is 17.5 Å². The summed E-state index contributed by atoms with van der Waals surface area (Å²) < 4.78 is 0. The van der Waals surface area contributed by atoms with Gasteiger partial charge in [0.2, 0.25) is 5.91 Å². The number of hydrogen-bond acceptors (Lipinski definition) is 2. The highest BCUT2D eigenvalue weighted by Crippen LogP contribution is 2.35. The summed E-state index contributed by atoms with van der Waals surface area (Å²) in [5.74, 6) is 0.254. The average Bonchev–Trinajstić information content (AvgIpc) is 3.05. The van der Waals surface area contributed by atoms with Gasteiger partial charge in [-0.1, -0.05) is 43.5 Å². The average molecular weight is 293 g/mol. The lowest BCUT2D eigenvalue weighted by Crippen LogP contribution is -2.38. The molecule has 0 spiro atoms. The van der Waals surface area contributed by atoms with Gasteiger partial charge in [0.05, 0.1) is 6.04 Å². The molecule has 1 aliphatic carbocycles. The fourth-order valence-electron chi connectivity index (χ4n) is 3.45. The fraction of sp³-hybridized carbons (Fsp3) is 0.562. The van der Waals surface area contributed by atoms with Gasteiger partial charge >= 0.3 is 0 Å². The van der Waals surface area contributed by atoms with Crippen molar-refractivity contribution in [3.05, 3.63) is 34.9 Å². The van der Waals surface area contributed by atoms with E-state index in [9.17, 15) is 4.79 Å². The number of nitrogens with zero attached hydrogens (tertiary/aromatic N) is 1. The third-order valence-corrected chi connectivity index (χ3v) is 4.72. The standard InChI is InChI=1S/C16H21ClN2O/c1-2-14-16(20)19(13-8-3-4-9-13)15(18-14)11-6-5-7-12(17)10-11/h5-7,10,13-15,18H,2-4,8-9H2,1H3. The van der Waals surface area contributed by atoms with Crippen LogP contribution in [-0.2, 0) is 4.79 Å². The summed E-state index contributed by atoms with van der Waals surface area (Å²) in [5, 5.41) is 4.20. The topological polar surface area (TPSA) is 32.3 Å². The third-order valence-electron chi connectivity index (χ3n) is 4.48. The van der Waals surface area contributed by atoms with Gasteiger partial charge in [-0.05, 0) is 37.0 Å². The van der Waals surface area contributed by atoms with Crippen LogP contribution in [0.5, 0.6) is 0 Å². The van der Waals surface area contributed by atoms with Gasteiger partial charge in [0.1, 0.15) is 6.17 Å². The molecule has 0 bridgehead atoms. The monoisotopic (exact) mass is 292 g/mol. The first-order chi connectivity index (χ1) is 9.70. The maximum absolute atomic E-state index is 12.6. The van der Waals surface area contributed by atoms with Crippen molar-refractivity contribution in [3.63, 3.8) is 0 Å². The highest BCUT2D eigenvalue weighted by molar-refractivity contribution is 6.30. The van der Waals surface area contributed by atoms with Crippen LogP contribution in [0.25, 0.3) is 0 Å². The summed E-state index contributed by atoms with van der Waals surface area (Å²) in [6.07, 6.45) is 5.52. The first-order valence-corrected chi connectivity index (χ1v) is 7.92. The molecule has 1 amide bonds. The van der Waals surface area contributed by atoms with Gasteiger partial charge in [0, 0.05) is 11.1 Å². The summed E-state index contributed by atoms with van der Waals surface area (Å²) in [5.41, 5.74) is 1.09. The van der Waals surface area contributed by atoms with Crippen molar-refractivity contribution in [1.29, 1.82) is 0 Å². The van der Waals surface area contributed by atoms with E-state index >= 15 is 0 Å². The third kappa shape index (κ3) is 2.45. The molecule has 2 fully saturated rings. The van der Waals surface area contributed by atoms with Crippen LogP contribution in [0.2, 0.25) is 5.02 Å². The Balaban J connectivity index is 1.92. The van der Waals surface area contributed by atoms with E-state index in [0.717, 1.165) is 29.8 Å². The number of rotatable bonds is 3. The number of hydrogen-bond donors (Lipinski definition) is 1. The number of carbonyl (C=O) groups excluding carboxylic acids is 1.